The molecule has 0 atom stereocenters. The Kier molecular flexibility index (Phi) is 4.58. The molecule has 1 N–H and O–H groups in total. The molecule has 1 heterocycles. The Balaban J connectivity index is 2.09. The van der Waals surface area contributed by atoms with Crippen molar-refractivity contribution in [3.05, 3.63) is 33.8 Å². The van der Waals surface area contributed by atoms with Gasteiger partial charge < -0.3 is 5.11 Å². The molecule has 0 saturated carbocycles. The molecule has 5 heteroatoms. The molecule has 0 aromatic heterocycles. The van der Waals surface area contributed by atoms with Crippen LogP contribution in [0.1, 0.15) is 29.8 Å². The summed E-state index contributed by atoms with van der Waals surface area (Å²) in [5.41, 5.74) is 1.47. The lowest BCUT2D eigenvalue weighted by Crippen LogP contribution is -2.42. The van der Waals surface area contributed by atoms with Crippen LogP contribution in [0, 0.1) is 0 Å². The van der Waals surface area contributed by atoms with Crippen LogP contribution in [0.3, 0.4) is 0 Å². The van der Waals surface area contributed by atoms with Crippen molar-refractivity contribution >= 4 is 33.7 Å². The minimum absolute atomic E-state index is 0.297. The van der Waals surface area contributed by atoms with Gasteiger partial charge in [-0.2, -0.15) is 11.8 Å². The fourth-order valence-electron chi connectivity index (χ4n) is 2.30. The van der Waals surface area contributed by atoms with Gasteiger partial charge in [0.15, 0.2) is 0 Å². The standard InChI is InChI=1S/C14H18BrNO2S/c1-14(2)9-16(5-6-19-14)8-11-4-3-10(13(17)18)7-12(11)15/h3-4,7H,5-6,8-9H2,1-2H3,(H,17,18). The Hall–Kier alpha value is -0.520. The summed E-state index contributed by atoms with van der Waals surface area (Å²) in [4.78, 5) is 13.3. The van der Waals surface area contributed by atoms with Gasteiger partial charge in [0.2, 0.25) is 0 Å². The van der Waals surface area contributed by atoms with E-state index in [0.717, 1.165) is 35.4 Å². The predicted molar refractivity (Wildman–Crippen MR) is 82.9 cm³/mol. The minimum Gasteiger partial charge on any atom is -0.478 e. The lowest BCUT2D eigenvalue weighted by atomic mass is 10.1. The number of thioether (sulfide) groups is 1. The van der Waals surface area contributed by atoms with Gasteiger partial charge in [-0.05, 0) is 31.5 Å². The first-order chi connectivity index (χ1) is 8.87. The molecule has 1 aliphatic heterocycles. The van der Waals surface area contributed by atoms with E-state index in [9.17, 15) is 4.79 Å². The van der Waals surface area contributed by atoms with Crippen molar-refractivity contribution in [1.29, 1.82) is 0 Å². The van der Waals surface area contributed by atoms with E-state index in [1.165, 1.54) is 0 Å². The highest BCUT2D eigenvalue weighted by molar-refractivity contribution is 9.10. The summed E-state index contributed by atoms with van der Waals surface area (Å²) in [5, 5.41) is 8.96. The summed E-state index contributed by atoms with van der Waals surface area (Å²) >= 11 is 5.49. The first-order valence-corrected chi connectivity index (χ1v) is 8.03. The SMILES string of the molecule is CC1(C)CN(Cc2ccc(C(=O)O)cc2Br)CCS1. The maximum Gasteiger partial charge on any atom is 0.335 e. The molecule has 0 aliphatic carbocycles. The number of rotatable bonds is 3. The van der Waals surface area contributed by atoms with Gasteiger partial charge in [-0.1, -0.05) is 22.0 Å². The molecule has 0 bridgehead atoms. The molecular formula is C14H18BrNO2S. The number of aromatic carboxylic acids is 1. The van der Waals surface area contributed by atoms with Crippen molar-refractivity contribution in [2.45, 2.75) is 25.1 Å². The second-order valence-electron chi connectivity index (χ2n) is 5.43. The van der Waals surface area contributed by atoms with E-state index in [1.54, 1.807) is 12.1 Å². The quantitative estimate of drug-likeness (QED) is 0.912. The third kappa shape index (κ3) is 3.97. The van der Waals surface area contributed by atoms with Gasteiger partial charge in [0, 0.05) is 34.6 Å². The topological polar surface area (TPSA) is 40.5 Å². The molecule has 3 nitrogen and oxygen atoms in total. The minimum atomic E-state index is -0.886. The van der Waals surface area contributed by atoms with Gasteiger partial charge in [-0.3, -0.25) is 4.90 Å². The van der Waals surface area contributed by atoms with Crippen molar-refractivity contribution < 1.29 is 9.90 Å². The zero-order chi connectivity index (χ0) is 14.0. The number of carboxylic acid groups (broad SMARTS) is 1. The van der Waals surface area contributed by atoms with E-state index in [4.69, 9.17) is 5.11 Å². The van der Waals surface area contributed by atoms with Crippen molar-refractivity contribution in [2.75, 3.05) is 18.8 Å². The smallest absolute Gasteiger partial charge is 0.335 e. The number of hydrogen-bond acceptors (Lipinski definition) is 3. The van der Waals surface area contributed by atoms with Crippen LogP contribution in [-0.2, 0) is 6.54 Å². The number of hydrogen-bond donors (Lipinski definition) is 1. The fraction of sp³-hybridized carbons (Fsp3) is 0.500. The highest BCUT2D eigenvalue weighted by Gasteiger charge is 2.27. The molecule has 1 aromatic carbocycles. The van der Waals surface area contributed by atoms with Crippen molar-refractivity contribution in [2.24, 2.45) is 0 Å². The molecule has 0 unspecified atom stereocenters. The summed E-state index contributed by atoms with van der Waals surface area (Å²) in [6.07, 6.45) is 0. The average molecular weight is 344 g/mol. The van der Waals surface area contributed by atoms with E-state index >= 15 is 0 Å². The van der Waals surface area contributed by atoms with E-state index in [1.807, 2.05) is 17.8 Å². The van der Waals surface area contributed by atoms with Crippen LogP contribution in [0.25, 0.3) is 0 Å². The zero-order valence-corrected chi connectivity index (χ0v) is 13.6. The molecule has 104 valence electrons. The van der Waals surface area contributed by atoms with Gasteiger partial charge in [0.1, 0.15) is 0 Å². The van der Waals surface area contributed by atoms with E-state index in [2.05, 4.69) is 34.7 Å². The maximum absolute atomic E-state index is 10.9. The summed E-state index contributed by atoms with van der Waals surface area (Å²) in [6, 6.07) is 5.26. The molecule has 0 spiro atoms. The molecule has 0 amide bonds. The first-order valence-electron chi connectivity index (χ1n) is 6.25. The maximum atomic E-state index is 10.9. The number of benzene rings is 1. The fourth-order valence-corrected chi connectivity index (χ4v) is 3.98. The van der Waals surface area contributed by atoms with Crippen LogP contribution in [0.4, 0.5) is 0 Å². The highest BCUT2D eigenvalue weighted by atomic mass is 79.9. The molecule has 1 saturated heterocycles. The van der Waals surface area contributed by atoms with Crippen LogP contribution >= 0.6 is 27.7 Å². The van der Waals surface area contributed by atoms with Gasteiger partial charge in [0.05, 0.1) is 5.56 Å². The summed E-state index contributed by atoms with van der Waals surface area (Å²) in [6.45, 7) is 7.55. The van der Waals surface area contributed by atoms with Gasteiger partial charge in [-0.25, -0.2) is 4.79 Å². The predicted octanol–water partition coefficient (Wildman–Crippen LogP) is 3.47. The summed E-state index contributed by atoms with van der Waals surface area (Å²) < 4.78 is 1.18. The average Bonchev–Trinajstić information content (AvgIpc) is 2.30. The van der Waals surface area contributed by atoms with Gasteiger partial charge in [-0.15, -0.1) is 0 Å². The molecule has 0 radical (unpaired) electrons. The molecule has 1 aromatic rings. The Labute approximate surface area is 126 Å². The molecular weight excluding hydrogens is 326 g/mol. The lowest BCUT2D eigenvalue weighted by Gasteiger charge is -2.37. The lowest BCUT2D eigenvalue weighted by molar-refractivity contribution is 0.0697. The van der Waals surface area contributed by atoms with Crippen LogP contribution < -0.4 is 0 Å². The van der Waals surface area contributed by atoms with E-state index < -0.39 is 5.97 Å². The number of carbonyl (C=O) groups is 1. The normalized spacial score (nSPS) is 19.3. The Morgan fingerprint density at radius 3 is 2.84 bits per heavy atom. The van der Waals surface area contributed by atoms with Crippen LogP contribution in [0.5, 0.6) is 0 Å². The summed E-state index contributed by atoms with van der Waals surface area (Å²) in [7, 11) is 0. The third-order valence-electron chi connectivity index (χ3n) is 3.20. The van der Waals surface area contributed by atoms with Crippen LogP contribution in [-0.4, -0.2) is 39.6 Å². The Morgan fingerprint density at radius 1 is 1.53 bits per heavy atom. The second-order valence-corrected chi connectivity index (χ2v) is 8.09. The van der Waals surface area contributed by atoms with Crippen LogP contribution in [0.2, 0.25) is 0 Å². The molecule has 1 aliphatic rings. The number of halogens is 1. The molecule has 2 rings (SSSR count). The monoisotopic (exact) mass is 343 g/mol. The molecule has 19 heavy (non-hydrogen) atoms. The molecule has 1 fully saturated rings. The van der Waals surface area contributed by atoms with E-state index in [0.29, 0.717) is 10.3 Å². The van der Waals surface area contributed by atoms with E-state index in [-0.39, 0.29) is 0 Å². The van der Waals surface area contributed by atoms with Crippen molar-refractivity contribution in [3.8, 4) is 0 Å². The zero-order valence-electron chi connectivity index (χ0n) is 11.1. The Morgan fingerprint density at radius 2 is 2.26 bits per heavy atom. The Bertz CT molecular complexity index is 490. The largest absolute Gasteiger partial charge is 0.478 e. The number of carboxylic acids is 1. The second kappa shape index (κ2) is 5.85. The van der Waals surface area contributed by atoms with Crippen molar-refractivity contribution in [1.82, 2.24) is 4.90 Å². The number of nitrogens with zero attached hydrogens (tertiary/aromatic N) is 1. The highest BCUT2D eigenvalue weighted by Crippen LogP contribution is 2.31. The first kappa shape index (κ1) is 14.9. The van der Waals surface area contributed by atoms with Crippen LogP contribution in [0.15, 0.2) is 22.7 Å². The van der Waals surface area contributed by atoms with Gasteiger partial charge >= 0.3 is 5.97 Å². The van der Waals surface area contributed by atoms with Gasteiger partial charge in [0.25, 0.3) is 0 Å². The van der Waals surface area contributed by atoms with Crippen molar-refractivity contribution in [3.63, 3.8) is 0 Å². The summed E-state index contributed by atoms with van der Waals surface area (Å²) in [5.74, 6) is 0.264. The third-order valence-corrected chi connectivity index (χ3v) is 5.23.